The summed E-state index contributed by atoms with van der Waals surface area (Å²) in [5.74, 6) is 0.830. The topological polar surface area (TPSA) is 59.8 Å². The summed E-state index contributed by atoms with van der Waals surface area (Å²) in [7, 11) is 1.93. The van der Waals surface area contributed by atoms with Crippen molar-refractivity contribution in [2.45, 2.75) is 30.3 Å². The van der Waals surface area contributed by atoms with Crippen molar-refractivity contribution in [2.75, 3.05) is 0 Å². The summed E-state index contributed by atoms with van der Waals surface area (Å²) in [6, 6.07) is 11.6. The van der Waals surface area contributed by atoms with Gasteiger partial charge in [-0.15, -0.1) is 21.5 Å². The minimum absolute atomic E-state index is 0.0577. The Morgan fingerprint density at radius 1 is 1.31 bits per heavy atom. The fourth-order valence-electron chi connectivity index (χ4n) is 2.35. The lowest BCUT2D eigenvalue weighted by molar-refractivity contribution is -0.120. The van der Waals surface area contributed by atoms with Gasteiger partial charge in [0, 0.05) is 29.9 Å². The van der Waals surface area contributed by atoms with Crippen LogP contribution in [0.1, 0.15) is 23.2 Å². The summed E-state index contributed by atoms with van der Waals surface area (Å²) >= 11 is 9.22. The van der Waals surface area contributed by atoms with E-state index in [-0.39, 0.29) is 11.2 Å². The van der Waals surface area contributed by atoms with Gasteiger partial charge in [-0.3, -0.25) is 4.79 Å². The quantitative estimate of drug-likeness (QED) is 0.604. The van der Waals surface area contributed by atoms with E-state index < -0.39 is 0 Å². The van der Waals surface area contributed by atoms with Crippen LogP contribution < -0.4 is 5.32 Å². The van der Waals surface area contributed by atoms with Crippen LogP contribution >= 0.6 is 34.7 Å². The third-order valence-electron chi connectivity index (χ3n) is 3.90. The van der Waals surface area contributed by atoms with Crippen LogP contribution in [0.25, 0.3) is 0 Å². The first kappa shape index (κ1) is 18.9. The van der Waals surface area contributed by atoms with Crippen molar-refractivity contribution in [1.82, 2.24) is 20.1 Å². The van der Waals surface area contributed by atoms with Gasteiger partial charge in [0.25, 0.3) is 0 Å². The molecule has 3 aromatic rings. The van der Waals surface area contributed by atoms with E-state index in [9.17, 15) is 4.79 Å². The fraction of sp³-hybridized carbons (Fsp3) is 0.278. The van der Waals surface area contributed by atoms with Crippen LogP contribution in [-0.4, -0.2) is 25.9 Å². The highest BCUT2D eigenvalue weighted by molar-refractivity contribution is 8.00. The zero-order chi connectivity index (χ0) is 18.5. The second-order valence-electron chi connectivity index (χ2n) is 5.78. The van der Waals surface area contributed by atoms with Crippen molar-refractivity contribution < 1.29 is 4.79 Å². The van der Waals surface area contributed by atoms with Crippen molar-refractivity contribution in [3.8, 4) is 0 Å². The Labute approximate surface area is 165 Å². The smallest absolute Gasteiger partial charge is 0.233 e. The molecule has 136 valence electrons. The van der Waals surface area contributed by atoms with Crippen molar-refractivity contribution >= 4 is 40.6 Å². The molecule has 2 heterocycles. The number of carbonyl (C=O) groups excluding carboxylic acids is 1. The lowest BCUT2D eigenvalue weighted by atomic mass is 10.2. The Hall–Kier alpha value is -1.83. The molecular formula is C18H19ClN4OS2. The molecule has 8 heteroatoms. The molecule has 1 N–H and O–H groups in total. The molecule has 3 rings (SSSR count). The predicted molar refractivity (Wildman–Crippen MR) is 107 cm³/mol. The maximum atomic E-state index is 12.4. The Morgan fingerprint density at radius 3 is 2.85 bits per heavy atom. The molecule has 0 aliphatic rings. The molecule has 0 spiro atoms. The van der Waals surface area contributed by atoms with Crippen molar-refractivity contribution in [3.05, 3.63) is 63.1 Å². The number of thioether (sulfide) groups is 1. The van der Waals surface area contributed by atoms with Gasteiger partial charge in [-0.1, -0.05) is 47.6 Å². The first-order chi connectivity index (χ1) is 12.5. The molecule has 0 saturated carbocycles. The molecule has 0 fully saturated rings. The van der Waals surface area contributed by atoms with Crippen LogP contribution in [0.3, 0.4) is 0 Å². The molecule has 2 aromatic heterocycles. The number of benzene rings is 1. The molecule has 5 nitrogen and oxygen atoms in total. The highest BCUT2D eigenvalue weighted by Gasteiger charge is 2.19. The standard InChI is InChI=1S/C18H19ClN4OS2/c1-12(17(24)20-11-13-6-3-4-8-15(13)19)26-18-22-21-16(23(18)2)10-14-7-5-9-25-14/h3-9,12H,10-11H2,1-2H3,(H,20,24)/t12-/m0/s1. The van der Waals surface area contributed by atoms with Gasteiger partial charge in [0.15, 0.2) is 5.16 Å². The highest BCUT2D eigenvalue weighted by atomic mass is 35.5. The number of halogens is 1. The van der Waals surface area contributed by atoms with E-state index in [0.29, 0.717) is 11.6 Å². The zero-order valence-electron chi connectivity index (χ0n) is 14.5. The van der Waals surface area contributed by atoms with Crippen molar-refractivity contribution in [2.24, 2.45) is 7.05 Å². The van der Waals surface area contributed by atoms with Crippen LogP contribution in [-0.2, 0) is 24.8 Å². The average molecular weight is 407 g/mol. The molecule has 0 aliphatic heterocycles. The minimum atomic E-state index is -0.282. The molecule has 1 aromatic carbocycles. The molecule has 0 aliphatic carbocycles. The Morgan fingerprint density at radius 2 is 2.12 bits per heavy atom. The molecule has 0 saturated heterocycles. The molecule has 0 radical (unpaired) electrons. The first-order valence-electron chi connectivity index (χ1n) is 8.13. The van der Waals surface area contributed by atoms with Gasteiger partial charge < -0.3 is 9.88 Å². The molecular weight excluding hydrogens is 388 g/mol. The third-order valence-corrected chi connectivity index (χ3v) is 6.28. The largest absolute Gasteiger partial charge is 0.351 e. The van der Waals surface area contributed by atoms with Crippen LogP contribution in [0.2, 0.25) is 5.02 Å². The third kappa shape index (κ3) is 4.66. The first-order valence-corrected chi connectivity index (χ1v) is 10.3. The number of aromatic nitrogens is 3. The van der Waals surface area contributed by atoms with E-state index in [0.717, 1.165) is 23.0 Å². The number of rotatable bonds is 7. The van der Waals surface area contributed by atoms with Crippen LogP contribution in [0.4, 0.5) is 0 Å². The molecule has 1 atom stereocenters. The zero-order valence-corrected chi connectivity index (χ0v) is 16.9. The van der Waals surface area contributed by atoms with Crippen LogP contribution in [0, 0.1) is 0 Å². The molecule has 26 heavy (non-hydrogen) atoms. The van der Waals surface area contributed by atoms with Gasteiger partial charge in [0.05, 0.1) is 5.25 Å². The maximum absolute atomic E-state index is 12.4. The lowest BCUT2D eigenvalue weighted by Crippen LogP contribution is -2.30. The predicted octanol–water partition coefficient (Wildman–Crippen LogP) is 3.92. The second-order valence-corrected chi connectivity index (χ2v) is 8.53. The molecule has 1 amide bonds. The molecule has 0 unspecified atom stereocenters. The minimum Gasteiger partial charge on any atom is -0.351 e. The van der Waals surface area contributed by atoms with E-state index in [1.807, 2.05) is 54.3 Å². The summed E-state index contributed by atoms with van der Waals surface area (Å²) in [6.07, 6.45) is 0.745. The number of hydrogen-bond donors (Lipinski definition) is 1. The normalized spacial score (nSPS) is 12.1. The van der Waals surface area contributed by atoms with Gasteiger partial charge in [0.1, 0.15) is 5.82 Å². The van der Waals surface area contributed by atoms with E-state index in [4.69, 9.17) is 11.6 Å². The Balaban J connectivity index is 1.57. The van der Waals surface area contributed by atoms with Crippen molar-refractivity contribution in [3.63, 3.8) is 0 Å². The van der Waals surface area contributed by atoms with E-state index in [1.54, 1.807) is 11.3 Å². The number of hydrogen-bond acceptors (Lipinski definition) is 5. The molecule has 0 bridgehead atoms. The lowest BCUT2D eigenvalue weighted by Gasteiger charge is -2.12. The second kappa shape index (κ2) is 8.70. The van der Waals surface area contributed by atoms with Gasteiger partial charge in [-0.2, -0.15) is 0 Å². The summed E-state index contributed by atoms with van der Waals surface area (Å²) in [6.45, 7) is 2.27. The van der Waals surface area contributed by atoms with E-state index >= 15 is 0 Å². The number of carbonyl (C=O) groups is 1. The van der Waals surface area contributed by atoms with Gasteiger partial charge in [0.2, 0.25) is 5.91 Å². The number of nitrogens with zero attached hydrogens (tertiary/aromatic N) is 3. The monoisotopic (exact) mass is 406 g/mol. The summed E-state index contributed by atoms with van der Waals surface area (Å²) in [5.41, 5.74) is 0.900. The Bertz CT molecular complexity index is 879. The highest BCUT2D eigenvalue weighted by Crippen LogP contribution is 2.23. The van der Waals surface area contributed by atoms with Crippen LogP contribution in [0.5, 0.6) is 0 Å². The average Bonchev–Trinajstić information content (AvgIpc) is 3.26. The van der Waals surface area contributed by atoms with Gasteiger partial charge in [-0.05, 0) is 30.0 Å². The number of nitrogens with one attached hydrogen (secondary N) is 1. The Kier molecular flexibility index (Phi) is 6.34. The summed E-state index contributed by atoms with van der Waals surface area (Å²) in [5, 5.41) is 14.6. The summed E-state index contributed by atoms with van der Waals surface area (Å²) < 4.78 is 1.95. The number of thiophene rings is 1. The van der Waals surface area contributed by atoms with E-state index in [1.165, 1.54) is 16.6 Å². The summed E-state index contributed by atoms with van der Waals surface area (Å²) in [4.78, 5) is 13.6. The van der Waals surface area contributed by atoms with Crippen LogP contribution in [0.15, 0.2) is 46.9 Å². The van der Waals surface area contributed by atoms with Crippen molar-refractivity contribution in [1.29, 1.82) is 0 Å². The van der Waals surface area contributed by atoms with E-state index in [2.05, 4.69) is 21.6 Å². The SMILES string of the molecule is C[C@H](Sc1nnc(Cc2cccs2)n1C)C(=O)NCc1ccccc1Cl. The van der Waals surface area contributed by atoms with Gasteiger partial charge >= 0.3 is 0 Å². The number of amides is 1. The fourth-order valence-corrected chi connectivity index (χ4v) is 4.11. The van der Waals surface area contributed by atoms with Gasteiger partial charge in [-0.25, -0.2) is 0 Å². The maximum Gasteiger partial charge on any atom is 0.233 e.